The van der Waals surface area contributed by atoms with Crippen molar-refractivity contribution in [1.82, 2.24) is 5.32 Å². The average molecular weight is 584 g/mol. The van der Waals surface area contributed by atoms with E-state index in [1.165, 1.54) is 25.7 Å². The highest BCUT2D eigenvalue weighted by Gasteiger charge is 2.44. The summed E-state index contributed by atoms with van der Waals surface area (Å²) < 4.78 is 11.0. The van der Waals surface area contributed by atoms with Gasteiger partial charge in [0.05, 0.1) is 25.4 Å². The second-order valence-electron chi connectivity index (χ2n) is 10.9. The van der Waals surface area contributed by atoms with Crippen LogP contribution in [-0.2, 0) is 14.3 Å². The first-order valence-electron chi connectivity index (χ1n) is 15.7. The SMILES string of the molecule is CCC/C=C/C(O)C(COC1OC(CO)C(O)C(O)C1O)NC(=O)CCCCCCC/C=C\C/C=C\CCCCC. The molecule has 0 spiro atoms. The van der Waals surface area contributed by atoms with Gasteiger partial charge in [-0.15, -0.1) is 0 Å². The standard InChI is InChI=1S/C32H57NO8/c1-3-5-7-8-9-10-11-12-13-14-15-16-17-18-20-22-28(36)33-25(26(35)21-19-6-4-2)24-40-32-31(39)30(38)29(37)27(23-34)41-32/h9-10,12-13,19,21,25-27,29-32,34-35,37-39H,3-8,11,14-18,20,22-24H2,1-2H3,(H,33,36)/b10-9-,13-12-,21-19+. The summed E-state index contributed by atoms with van der Waals surface area (Å²) >= 11 is 0. The molecule has 0 saturated carbocycles. The maximum absolute atomic E-state index is 12.6. The highest BCUT2D eigenvalue weighted by molar-refractivity contribution is 5.76. The van der Waals surface area contributed by atoms with Gasteiger partial charge in [0.25, 0.3) is 0 Å². The Morgan fingerprint density at radius 3 is 2.15 bits per heavy atom. The van der Waals surface area contributed by atoms with Gasteiger partial charge >= 0.3 is 0 Å². The summed E-state index contributed by atoms with van der Waals surface area (Å²) in [6, 6.07) is -0.805. The van der Waals surface area contributed by atoms with Crippen molar-refractivity contribution in [3.05, 3.63) is 36.5 Å². The first-order valence-corrected chi connectivity index (χ1v) is 15.7. The van der Waals surface area contributed by atoms with Gasteiger partial charge in [0.1, 0.15) is 24.4 Å². The molecular formula is C32H57NO8. The molecule has 41 heavy (non-hydrogen) atoms. The third kappa shape index (κ3) is 16.6. The van der Waals surface area contributed by atoms with Crippen molar-refractivity contribution in [2.45, 2.75) is 147 Å². The minimum Gasteiger partial charge on any atom is -0.394 e. The van der Waals surface area contributed by atoms with Gasteiger partial charge in [-0.25, -0.2) is 0 Å². The van der Waals surface area contributed by atoms with E-state index >= 15 is 0 Å². The second kappa shape index (κ2) is 23.9. The molecule has 7 atom stereocenters. The number of hydrogen-bond donors (Lipinski definition) is 6. The maximum Gasteiger partial charge on any atom is 0.220 e. The van der Waals surface area contributed by atoms with Crippen LogP contribution in [0.15, 0.2) is 36.5 Å². The van der Waals surface area contributed by atoms with Gasteiger partial charge in [0.2, 0.25) is 5.91 Å². The number of aliphatic hydroxyl groups is 5. The van der Waals surface area contributed by atoms with Crippen molar-refractivity contribution in [1.29, 1.82) is 0 Å². The molecule has 0 bridgehead atoms. The molecule has 0 aromatic rings. The van der Waals surface area contributed by atoms with E-state index in [1.54, 1.807) is 6.08 Å². The summed E-state index contributed by atoms with van der Waals surface area (Å²) in [5, 5.41) is 53.0. The van der Waals surface area contributed by atoms with E-state index < -0.39 is 49.5 Å². The summed E-state index contributed by atoms with van der Waals surface area (Å²) in [6.07, 6.45) is 18.5. The summed E-state index contributed by atoms with van der Waals surface area (Å²) in [7, 11) is 0. The number of nitrogens with one attached hydrogen (secondary N) is 1. The van der Waals surface area contributed by atoms with Crippen molar-refractivity contribution < 1.29 is 39.8 Å². The van der Waals surface area contributed by atoms with Gasteiger partial charge in [0, 0.05) is 6.42 Å². The molecule has 1 aliphatic heterocycles. The highest BCUT2D eigenvalue weighted by Crippen LogP contribution is 2.22. The van der Waals surface area contributed by atoms with Crippen LogP contribution in [0, 0.1) is 0 Å². The molecule has 1 heterocycles. The molecule has 9 nitrogen and oxygen atoms in total. The lowest BCUT2D eigenvalue weighted by molar-refractivity contribution is -0.302. The summed E-state index contributed by atoms with van der Waals surface area (Å²) in [5.74, 6) is -0.207. The van der Waals surface area contributed by atoms with Crippen LogP contribution in [0.3, 0.4) is 0 Å². The first kappa shape index (κ1) is 37.4. The number of amides is 1. The summed E-state index contributed by atoms with van der Waals surface area (Å²) in [5.41, 5.74) is 0. The Kier molecular flexibility index (Phi) is 21.8. The highest BCUT2D eigenvalue weighted by atomic mass is 16.7. The van der Waals surface area contributed by atoms with Crippen LogP contribution < -0.4 is 5.32 Å². The second-order valence-corrected chi connectivity index (χ2v) is 10.9. The molecule has 0 aromatic carbocycles. The number of aliphatic hydroxyl groups excluding tert-OH is 5. The molecule has 1 aliphatic rings. The van der Waals surface area contributed by atoms with Crippen LogP contribution >= 0.6 is 0 Å². The average Bonchev–Trinajstić information content (AvgIpc) is 2.96. The minimum absolute atomic E-state index is 0.200. The van der Waals surface area contributed by atoms with E-state index in [0.29, 0.717) is 6.42 Å². The van der Waals surface area contributed by atoms with Gasteiger partial charge in [-0.3, -0.25) is 4.79 Å². The predicted molar refractivity (Wildman–Crippen MR) is 161 cm³/mol. The Morgan fingerprint density at radius 2 is 1.49 bits per heavy atom. The molecule has 1 rings (SSSR count). The Labute approximate surface area is 247 Å². The quantitative estimate of drug-likeness (QED) is 0.0786. The molecule has 1 amide bonds. The van der Waals surface area contributed by atoms with Gasteiger partial charge < -0.3 is 40.3 Å². The molecule has 0 radical (unpaired) electrons. The van der Waals surface area contributed by atoms with Gasteiger partial charge in [0.15, 0.2) is 6.29 Å². The number of unbranched alkanes of at least 4 members (excludes halogenated alkanes) is 9. The fraction of sp³-hybridized carbons (Fsp3) is 0.781. The predicted octanol–water partition coefficient (Wildman–Crippen LogP) is 3.82. The number of allylic oxidation sites excluding steroid dienone is 5. The molecule has 238 valence electrons. The fourth-order valence-electron chi connectivity index (χ4n) is 4.54. The molecule has 0 aliphatic carbocycles. The lowest BCUT2D eigenvalue weighted by Gasteiger charge is -2.40. The van der Waals surface area contributed by atoms with Gasteiger partial charge in [-0.05, 0) is 44.9 Å². The van der Waals surface area contributed by atoms with Gasteiger partial charge in [-0.2, -0.15) is 0 Å². The van der Waals surface area contributed by atoms with Crippen LogP contribution in [0.5, 0.6) is 0 Å². The summed E-state index contributed by atoms with van der Waals surface area (Å²) in [6.45, 7) is 3.47. The monoisotopic (exact) mass is 583 g/mol. The lowest BCUT2D eigenvalue weighted by atomic mass is 9.99. The van der Waals surface area contributed by atoms with E-state index in [-0.39, 0.29) is 12.5 Å². The zero-order chi connectivity index (χ0) is 30.3. The lowest BCUT2D eigenvalue weighted by Crippen LogP contribution is -2.60. The molecule has 1 fully saturated rings. The Hall–Kier alpha value is -1.59. The van der Waals surface area contributed by atoms with E-state index in [1.807, 2.05) is 13.0 Å². The Morgan fingerprint density at radius 1 is 0.829 bits per heavy atom. The summed E-state index contributed by atoms with van der Waals surface area (Å²) in [4.78, 5) is 12.6. The first-order chi connectivity index (χ1) is 19.8. The number of carbonyl (C=O) groups is 1. The minimum atomic E-state index is -1.56. The van der Waals surface area contributed by atoms with E-state index in [4.69, 9.17) is 9.47 Å². The van der Waals surface area contributed by atoms with Crippen molar-refractivity contribution >= 4 is 5.91 Å². The van der Waals surface area contributed by atoms with Crippen LogP contribution in [0.1, 0.15) is 104 Å². The van der Waals surface area contributed by atoms with E-state index in [2.05, 4.69) is 36.5 Å². The number of carbonyl (C=O) groups excluding carboxylic acids is 1. The number of ether oxygens (including phenoxy) is 2. The molecule has 1 saturated heterocycles. The van der Waals surface area contributed by atoms with Crippen LogP contribution in [0.25, 0.3) is 0 Å². The largest absolute Gasteiger partial charge is 0.394 e. The van der Waals surface area contributed by atoms with Crippen LogP contribution in [0.4, 0.5) is 0 Å². The normalized spacial score (nSPS) is 24.9. The third-order valence-corrected chi connectivity index (χ3v) is 7.19. The maximum atomic E-state index is 12.6. The topological polar surface area (TPSA) is 149 Å². The van der Waals surface area contributed by atoms with E-state index in [0.717, 1.165) is 57.8 Å². The fourth-order valence-corrected chi connectivity index (χ4v) is 4.54. The van der Waals surface area contributed by atoms with E-state index in [9.17, 15) is 30.3 Å². The number of hydrogen-bond acceptors (Lipinski definition) is 8. The zero-order valence-electron chi connectivity index (χ0n) is 25.3. The zero-order valence-corrected chi connectivity index (χ0v) is 25.3. The van der Waals surface area contributed by atoms with Crippen molar-refractivity contribution in [2.75, 3.05) is 13.2 Å². The van der Waals surface area contributed by atoms with Crippen LogP contribution in [0.2, 0.25) is 0 Å². The van der Waals surface area contributed by atoms with Crippen molar-refractivity contribution in [3.8, 4) is 0 Å². The molecule has 0 aromatic heterocycles. The third-order valence-electron chi connectivity index (χ3n) is 7.19. The molecule has 9 heteroatoms. The Bertz CT molecular complexity index is 741. The molecule has 6 N–H and O–H groups in total. The van der Waals surface area contributed by atoms with Gasteiger partial charge in [-0.1, -0.05) is 88.8 Å². The van der Waals surface area contributed by atoms with Crippen molar-refractivity contribution in [3.63, 3.8) is 0 Å². The van der Waals surface area contributed by atoms with Crippen LogP contribution in [-0.4, -0.2) is 87.5 Å². The smallest absolute Gasteiger partial charge is 0.220 e. The molecular weight excluding hydrogens is 526 g/mol. The Balaban J connectivity index is 2.37. The number of rotatable bonds is 23. The molecule has 7 unspecified atom stereocenters. The van der Waals surface area contributed by atoms with Crippen molar-refractivity contribution in [2.24, 2.45) is 0 Å².